The van der Waals surface area contributed by atoms with E-state index in [1.165, 1.54) is 34.4 Å². The fourth-order valence-electron chi connectivity index (χ4n) is 4.57. The van der Waals surface area contributed by atoms with Crippen LogP contribution < -0.4 is 5.32 Å². The number of nitrogens with zero attached hydrogens (tertiary/aromatic N) is 3. The Morgan fingerprint density at radius 3 is 2.71 bits per heavy atom. The van der Waals surface area contributed by atoms with Crippen molar-refractivity contribution in [3.63, 3.8) is 0 Å². The smallest absolute Gasteiger partial charge is 0.221 e. The third-order valence-corrected chi connectivity index (χ3v) is 7.22. The molecule has 1 unspecified atom stereocenters. The standard InChI is InChI=1S/C22H30N4OS/c1-3-25-11-13-26(14-12-25)21(17-7-6-10-23-15-17)20-18-8-4-5-9-19(18)28-22(20)24-16(2)27/h6-7,10,15,21H,3-5,8-9,11-14H2,1-2H3,(H,24,27). The molecule has 2 aromatic rings. The minimum absolute atomic E-state index is 0.0144. The van der Waals surface area contributed by atoms with Gasteiger partial charge < -0.3 is 10.2 Å². The molecule has 4 rings (SSSR count). The van der Waals surface area contributed by atoms with Gasteiger partial charge in [-0.05, 0) is 49.4 Å². The molecule has 1 atom stereocenters. The van der Waals surface area contributed by atoms with Crippen LogP contribution in [0, 0.1) is 0 Å². The van der Waals surface area contributed by atoms with Crippen molar-refractivity contribution in [2.75, 3.05) is 38.0 Å². The van der Waals surface area contributed by atoms with Crippen molar-refractivity contribution in [3.8, 4) is 0 Å². The zero-order valence-electron chi connectivity index (χ0n) is 16.9. The Kier molecular flexibility index (Phi) is 6.09. The molecule has 1 saturated heterocycles. The molecule has 2 aliphatic rings. The number of aromatic nitrogens is 1. The third kappa shape index (κ3) is 4.00. The number of carbonyl (C=O) groups is 1. The van der Waals surface area contributed by atoms with E-state index in [0.717, 1.165) is 50.6 Å². The van der Waals surface area contributed by atoms with Crippen LogP contribution in [-0.4, -0.2) is 53.4 Å². The Balaban J connectivity index is 1.78. The van der Waals surface area contributed by atoms with E-state index >= 15 is 0 Å². The Bertz CT molecular complexity index is 811. The second kappa shape index (κ2) is 8.72. The number of hydrogen-bond donors (Lipinski definition) is 1. The van der Waals surface area contributed by atoms with Gasteiger partial charge in [-0.2, -0.15) is 0 Å². The molecule has 150 valence electrons. The molecule has 3 heterocycles. The highest BCUT2D eigenvalue weighted by molar-refractivity contribution is 7.16. The molecule has 1 fully saturated rings. The van der Waals surface area contributed by atoms with E-state index in [9.17, 15) is 4.79 Å². The van der Waals surface area contributed by atoms with Crippen molar-refractivity contribution in [1.29, 1.82) is 0 Å². The van der Waals surface area contributed by atoms with Gasteiger partial charge in [0.2, 0.25) is 5.91 Å². The molecule has 0 aromatic carbocycles. The lowest BCUT2D eigenvalue weighted by Crippen LogP contribution is -2.47. The fraction of sp³-hybridized carbons (Fsp3) is 0.545. The van der Waals surface area contributed by atoms with Crippen molar-refractivity contribution in [1.82, 2.24) is 14.8 Å². The molecule has 0 bridgehead atoms. The van der Waals surface area contributed by atoms with Crippen LogP contribution in [0.25, 0.3) is 0 Å². The zero-order valence-corrected chi connectivity index (χ0v) is 17.7. The maximum absolute atomic E-state index is 12.0. The summed E-state index contributed by atoms with van der Waals surface area (Å²) in [6.45, 7) is 9.22. The number of piperazine rings is 1. The summed E-state index contributed by atoms with van der Waals surface area (Å²) in [6.07, 6.45) is 8.58. The molecule has 1 aliphatic heterocycles. The van der Waals surface area contributed by atoms with Gasteiger partial charge >= 0.3 is 0 Å². The number of likely N-dealkylation sites (N-methyl/N-ethyl adjacent to an activating group) is 1. The first-order valence-corrected chi connectivity index (χ1v) is 11.3. The topological polar surface area (TPSA) is 48.5 Å². The van der Waals surface area contributed by atoms with Crippen molar-refractivity contribution >= 4 is 22.2 Å². The third-order valence-electron chi connectivity index (χ3n) is 5.99. The molecule has 0 spiro atoms. The van der Waals surface area contributed by atoms with Gasteiger partial charge in [-0.1, -0.05) is 13.0 Å². The van der Waals surface area contributed by atoms with E-state index in [4.69, 9.17) is 0 Å². The minimum Gasteiger partial charge on any atom is -0.318 e. The van der Waals surface area contributed by atoms with Crippen molar-refractivity contribution < 1.29 is 4.79 Å². The average molecular weight is 399 g/mol. The quantitative estimate of drug-likeness (QED) is 0.834. The van der Waals surface area contributed by atoms with Crippen LogP contribution in [-0.2, 0) is 17.6 Å². The van der Waals surface area contributed by atoms with Crippen LogP contribution >= 0.6 is 11.3 Å². The van der Waals surface area contributed by atoms with E-state index < -0.39 is 0 Å². The van der Waals surface area contributed by atoms with Crippen LogP contribution in [0.4, 0.5) is 5.00 Å². The Morgan fingerprint density at radius 2 is 2.04 bits per heavy atom. The van der Waals surface area contributed by atoms with Crippen LogP contribution in [0.15, 0.2) is 24.5 Å². The van der Waals surface area contributed by atoms with E-state index in [2.05, 4.69) is 33.1 Å². The van der Waals surface area contributed by atoms with Gasteiger partial charge in [-0.15, -0.1) is 11.3 Å². The summed E-state index contributed by atoms with van der Waals surface area (Å²) in [5.74, 6) is 0.0144. The molecular weight excluding hydrogens is 368 g/mol. The fourth-order valence-corrected chi connectivity index (χ4v) is 5.94. The second-order valence-electron chi connectivity index (χ2n) is 7.79. The monoisotopic (exact) mass is 398 g/mol. The lowest BCUT2D eigenvalue weighted by molar-refractivity contribution is -0.114. The van der Waals surface area contributed by atoms with Gasteiger partial charge in [0, 0.05) is 55.9 Å². The van der Waals surface area contributed by atoms with Crippen molar-refractivity contribution in [2.45, 2.75) is 45.6 Å². The predicted octanol–water partition coefficient (Wildman–Crippen LogP) is 3.71. The van der Waals surface area contributed by atoms with E-state index in [-0.39, 0.29) is 11.9 Å². The number of aryl methyl sites for hydroxylation is 1. The Morgan fingerprint density at radius 1 is 1.25 bits per heavy atom. The summed E-state index contributed by atoms with van der Waals surface area (Å²) in [6, 6.07) is 4.38. The predicted molar refractivity (Wildman–Crippen MR) is 115 cm³/mol. The largest absolute Gasteiger partial charge is 0.318 e. The molecule has 1 aliphatic carbocycles. The van der Waals surface area contributed by atoms with Gasteiger partial charge in [0.05, 0.1) is 6.04 Å². The second-order valence-corrected chi connectivity index (χ2v) is 8.90. The summed E-state index contributed by atoms with van der Waals surface area (Å²) in [4.78, 5) is 22.9. The number of nitrogens with one attached hydrogen (secondary N) is 1. The molecule has 2 aromatic heterocycles. The SMILES string of the molecule is CCN1CCN(C(c2cccnc2)c2c(NC(C)=O)sc3c2CCCC3)CC1. The molecular formula is C22H30N4OS. The number of carbonyl (C=O) groups excluding carboxylic acids is 1. The maximum atomic E-state index is 12.0. The van der Waals surface area contributed by atoms with Crippen LogP contribution in [0.3, 0.4) is 0 Å². The molecule has 1 amide bonds. The van der Waals surface area contributed by atoms with Crippen LogP contribution in [0.5, 0.6) is 0 Å². The van der Waals surface area contributed by atoms with Gasteiger partial charge in [-0.25, -0.2) is 0 Å². The van der Waals surface area contributed by atoms with E-state index in [1.807, 2.05) is 18.5 Å². The van der Waals surface area contributed by atoms with Gasteiger partial charge in [0.15, 0.2) is 0 Å². The van der Waals surface area contributed by atoms with Gasteiger partial charge in [0.25, 0.3) is 0 Å². The Labute approximate surface area is 171 Å². The average Bonchev–Trinajstić information content (AvgIpc) is 3.07. The summed E-state index contributed by atoms with van der Waals surface area (Å²) in [5.41, 5.74) is 4.03. The number of thiophene rings is 1. The Hall–Kier alpha value is -1.76. The van der Waals surface area contributed by atoms with Gasteiger partial charge in [0.1, 0.15) is 5.00 Å². The molecule has 5 nitrogen and oxygen atoms in total. The lowest BCUT2D eigenvalue weighted by Gasteiger charge is -2.40. The highest BCUT2D eigenvalue weighted by atomic mass is 32.1. The number of fused-ring (bicyclic) bond motifs is 1. The van der Waals surface area contributed by atoms with Gasteiger partial charge in [-0.3, -0.25) is 14.7 Å². The maximum Gasteiger partial charge on any atom is 0.221 e. The van der Waals surface area contributed by atoms with Crippen LogP contribution in [0.2, 0.25) is 0 Å². The lowest BCUT2D eigenvalue weighted by atomic mass is 9.89. The van der Waals surface area contributed by atoms with E-state index in [0.29, 0.717) is 0 Å². The molecule has 28 heavy (non-hydrogen) atoms. The summed E-state index contributed by atoms with van der Waals surface area (Å²) in [7, 11) is 0. The molecule has 0 radical (unpaired) electrons. The summed E-state index contributed by atoms with van der Waals surface area (Å²) >= 11 is 1.79. The minimum atomic E-state index is 0.0144. The number of hydrogen-bond acceptors (Lipinski definition) is 5. The van der Waals surface area contributed by atoms with Crippen LogP contribution in [0.1, 0.15) is 54.3 Å². The van der Waals surface area contributed by atoms with Crippen molar-refractivity contribution in [3.05, 3.63) is 46.1 Å². The number of rotatable bonds is 5. The molecule has 0 saturated carbocycles. The van der Waals surface area contributed by atoms with Crippen molar-refractivity contribution in [2.24, 2.45) is 0 Å². The first kappa shape index (κ1) is 19.6. The first-order valence-electron chi connectivity index (χ1n) is 10.5. The number of anilines is 1. The molecule has 1 N–H and O–H groups in total. The summed E-state index contributed by atoms with van der Waals surface area (Å²) in [5, 5.41) is 4.21. The zero-order chi connectivity index (χ0) is 19.5. The number of amides is 1. The van der Waals surface area contributed by atoms with E-state index in [1.54, 1.807) is 18.3 Å². The summed E-state index contributed by atoms with van der Waals surface area (Å²) < 4.78 is 0. The number of pyridine rings is 1. The molecule has 6 heteroatoms. The normalized spacial score (nSPS) is 19.2. The highest BCUT2D eigenvalue weighted by Gasteiger charge is 2.33. The highest BCUT2D eigenvalue weighted by Crippen LogP contribution is 2.45. The first-order chi connectivity index (χ1) is 13.7.